The summed E-state index contributed by atoms with van der Waals surface area (Å²) >= 11 is 0. The molecule has 6 heteroatoms. The van der Waals surface area contributed by atoms with Gasteiger partial charge in [-0.1, -0.05) is 6.07 Å². The SMILES string of the molecule is COc1ccc(C(NN)C2COCCO2)cc1F. The Hall–Kier alpha value is -1.21. The first-order valence-corrected chi connectivity index (χ1v) is 5.75. The fourth-order valence-corrected chi connectivity index (χ4v) is 1.99. The second-order valence-corrected chi connectivity index (χ2v) is 4.02. The molecular weight excluding hydrogens is 239 g/mol. The molecule has 0 spiro atoms. The van der Waals surface area contributed by atoms with E-state index in [2.05, 4.69) is 5.43 Å². The van der Waals surface area contributed by atoms with Gasteiger partial charge in [0.05, 0.1) is 33.0 Å². The van der Waals surface area contributed by atoms with Gasteiger partial charge in [-0.3, -0.25) is 11.3 Å². The summed E-state index contributed by atoms with van der Waals surface area (Å²) in [6.45, 7) is 1.52. The van der Waals surface area contributed by atoms with Gasteiger partial charge in [-0.2, -0.15) is 0 Å². The first-order chi connectivity index (χ1) is 8.76. The molecule has 1 heterocycles. The number of rotatable bonds is 4. The standard InChI is InChI=1S/C12H17FN2O3/c1-16-10-3-2-8(6-9(10)13)12(15-14)11-7-17-4-5-18-11/h2-3,6,11-12,15H,4-5,7,14H2,1H3. The van der Waals surface area contributed by atoms with E-state index in [4.69, 9.17) is 20.1 Å². The first kappa shape index (κ1) is 13.2. The smallest absolute Gasteiger partial charge is 0.165 e. The second-order valence-electron chi connectivity index (χ2n) is 4.02. The molecule has 1 aliphatic rings. The van der Waals surface area contributed by atoms with Crippen molar-refractivity contribution in [2.75, 3.05) is 26.9 Å². The Morgan fingerprint density at radius 1 is 1.50 bits per heavy atom. The summed E-state index contributed by atoms with van der Waals surface area (Å²) in [6, 6.07) is 4.40. The van der Waals surface area contributed by atoms with Gasteiger partial charge in [0.15, 0.2) is 11.6 Å². The van der Waals surface area contributed by atoms with Gasteiger partial charge < -0.3 is 14.2 Å². The number of methoxy groups -OCH3 is 1. The van der Waals surface area contributed by atoms with E-state index in [1.165, 1.54) is 13.2 Å². The van der Waals surface area contributed by atoms with Gasteiger partial charge in [-0.15, -0.1) is 0 Å². The Bertz CT molecular complexity index is 397. The fraction of sp³-hybridized carbons (Fsp3) is 0.500. The van der Waals surface area contributed by atoms with Crippen LogP contribution < -0.4 is 16.0 Å². The van der Waals surface area contributed by atoms with Crippen molar-refractivity contribution in [2.45, 2.75) is 12.1 Å². The van der Waals surface area contributed by atoms with E-state index in [0.29, 0.717) is 25.4 Å². The third-order valence-electron chi connectivity index (χ3n) is 2.93. The van der Waals surface area contributed by atoms with Crippen molar-refractivity contribution in [2.24, 2.45) is 5.84 Å². The number of hydrazine groups is 1. The number of hydrogen-bond donors (Lipinski definition) is 2. The summed E-state index contributed by atoms with van der Waals surface area (Å²) in [4.78, 5) is 0. The van der Waals surface area contributed by atoms with Gasteiger partial charge in [0, 0.05) is 0 Å². The maximum Gasteiger partial charge on any atom is 0.165 e. The normalized spacial score (nSPS) is 21.6. The molecule has 18 heavy (non-hydrogen) atoms. The predicted molar refractivity (Wildman–Crippen MR) is 63.6 cm³/mol. The van der Waals surface area contributed by atoms with Crippen LogP contribution in [0.3, 0.4) is 0 Å². The van der Waals surface area contributed by atoms with Crippen molar-refractivity contribution in [1.29, 1.82) is 0 Å². The number of halogens is 1. The van der Waals surface area contributed by atoms with Crippen LogP contribution in [-0.4, -0.2) is 33.0 Å². The molecule has 0 amide bonds. The first-order valence-electron chi connectivity index (χ1n) is 5.75. The highest BCUT2D eigenvalue weighted by Crippen LogP contribution is 2.25. The zero-order valence-corrected chi connectivity index (χ0v) is 10.2. The van der Waals surface area contributed by atoms with Crippen LogP contribution in [-0.2, 0) is 9.47 Å². The van der Waals surface area contributed by atoms with Crippen LogP contribution in [0.15, 0.2) is 18.2 Å². The molecule has 2 rings (SSSR count). The van der Waals surface area contributed by atoms with Gasteiger partial charge in [-0.25, -0.2) is 4.39 Å². The Balaban J connectivity index is 2.18. The molecule has 0 aromatic heterocycles. The van der Waals surface area contributed by atoms with E-state index in [9.17, 15) is 4.39 Å². The molecule has 100 valence electrons. The Kier molecular flexibility index (Phi) is 4.48. The van der Waals surface area contributed by atoms with Crippen molar-refractivity contribution >= 4 is 0 Å². The third kappa shape index (κ3) is 2.78. The minimum Gasteiger partial charge on any atom is -0.494 e. The summed E-state index contributed by atoms with van der Waals surface area (Å²) in [5.74, 6) is 5.30. The molecular formula is C12H17FN2O3. The van der Waals surface area contributed by atoms with E-state index < -0.39 is 5.82 Å². The van der Waals surface area contributed by atoms with Crippen LogP contribution in [0.4, 0.5) is 4.39 Å². The molecule has 5 nitrogen and oxygen atoms in total. The van der Waals surface area contributed by atoms with Crippen molar-refractivity contribution < 1.29 is 18.6 Å². The van der Waals surface area contributed by atoms with E-state index >= 15 is 0 Å². The van der Waals surface area contributed by atoms with Crippen LogP contribution in [0.25, 0.3) is 0 Å². The Morgan fingerprint density at radius 3 is 2.89 bits per heavy atom. The number of benzene rings is 1. The maximum atomic E-state index is 13.6. The van der Waals surface area contributed by atoms with Crippen LogP contribution in [0, 0.1) is 5.82 Å². The van der Waals surface area contributed by atoms with Gasteiger partial charge in [0.1, 0.15) is 6.10 Å². The largest absolute Gasteiger partial charge is 0.494 e. The average molecular weight is 256 g/mol. The molecule has 1 fully saturated rings. The van der Waals surface area contributed by atoms with Gasteiger partial charge >= 0.3 is 0 Å². The zero-order chi connectivity index (χ0) is 13.0. The number of hydrogen-bond acceptors (Lipinski definition) is 5. The monoisotopic (exact) mass is 256 g/mol. The van der Waals surface area contributed by atoms with E-state index in [-0.39, 0.29) is 17.9 Å². The lowest BCUT2D eigenvalue weighted by Gasteiger charge is -2.30. The van der Waals surface area contributed by atoms with Crippen LogP contribution in [0.2, 0.25) is 0 Å². The van der Waals surface area contributed by atoms with Crippen LogP contribution in [0.1, 0.15) is 11.6 Å². The van der Waals surface area contributed by atoms with Gasteiger partial charge in [-0.05, 0) is 17.7 Å². The third-order valence-corrected chi connectivity index (χ3v) is 2.93. The van der Waals surface area contributed by atoms with E-state index in [1.807, 2.05) is 0 Å². The highest BCUT2D eigenvalue weighted by molar-refractivity contribution is 5.31. The van der Waals surface area contributed by atoms with E-state index in [0.717, 1.165) is 0 Å². The van der Waals surface area contributed by atoms with Crippen molar-refractivity contribution in [3.63, 3.8) is 0 Å². The quantitative estimate of drug-likeness (QED) is 0.615. The molecule has 0 aliphatic carbocycles. The molecule has 2 atom stereocenters. The molecule has 3 N–H and O–H groups in total. The highest BCUT2D eigenvalue weighted by atomic mass is 19.1. The second kappa shape index (κ2) is 6.10. The lowest BCUT2D eigenvalue weighted by molar-refractivity contribution is -0.102. The summed E-state index contributed by atoms with van der Waals surface area (Å²) in [6.07, 6.45) is -0.225. The van der Waals surface area contributed by atoms with Crippen molar-refractivity contribution in [3.8, 4) is 5.75 Å². The molecule has 2 unspecified atom stereocenters. The molecule has 0 bridgehead atoms. The lowest BCUT2D eigenvalue weighted by atomic mass is 10.0. The van der Waals surface area contributed by atoms with Crippen LogP contribution >= 0.6 is 0 Å². The van der Waals surface area contributed by atoms with Gasteiger partial charge in [0.2, 0.25) is 0 Å². The fourth-order valence-electron chi connectivity index (χ4n) is 1.99. The molecule has 0 radical (unpaired) electrons. The predicted octanol–water partition coefficient (Wildman–Crippen LogP) is 0.754. The summed E-state index contributed by atoms with van der Waals surface area (Å²) < 4.78 is 29.4. The Labute approximate surface area is 105 Å². The number of ether oxygens (including phenoxy) is 3. The topological polar surface area (TPSA) is 65.7 Å². The molecule has 1 aromatic rings. The maximum absolute atomic E-state index is 13.6. The number of nitrogens with two attached hydrogens (primary N) is 1. The summed E-state index contributed by atoms with van der Waals surface area (Å²) in [7, 11) is 1.43. The molecule has 1 saturated heterocycles. The summed E-state index contributed by atoms with van der Waals surface area (Å²) in [5, 5.41) is 0. The van der Waals surface area contributed by atoms with Gasteiger partial charge in [0.25, 0.3) is 0 Å². The zero-order valence-electron chi connectivity index (χ0n) is 10.2. The lowest BCUT2D eigenvalue weighted by Crippen LogP contribution is -2.43. The van der Waals surface area contributed by atoms with E-state index in [1.54, 1.807) is 12.1 Å². The van der Waals surface area contributed by atoms with Crippen LogP contribution in [0.5, 0.6) is 5.75 Å². The van der Waals surface area contributed by atoms with Crippen molar-refractivity contribution in [3.05, 3.63) is 29.6 Å². The average Bonchev–Trinajstić information content (AvgIpc) is 2.41. The highest BCUT2D eigenvalue weighted by Gasteiger charge is 2.26. The molecule has 0 saturated carbocycles. The minimum absolute atomic E-state index is 0.204. The number of nitrogens with one attached hydrogen (secondary N) is 1. The minimum atomic E-state index is -0.424. The van der Waals surface area contributed by atoms with Crippen molar-refractivity contribution in [1.82, 2.24) is 5.43 Å². The molecule has 1 aliphatic heterocycles. The summed E-state index contributed by atoms with van der Waals surface area (Å²) in [5.41, 5.74) is 3.34. The molecule has 1 aromatic carbocycles. The Morgan fingerprint density at radius 2 is 2.33 bits per heavy atom.